The smallest absolute Gasteiger partial charge is 0.239 e. The van der Waals surface area contributed by atoms with Crippen LogP contribution in [0.2, 0.25) is 0 Å². The highest BCUT2D eigenvalue weighted by atomic mass is 79.9. The van der Waals surface area contributed by atoms with Crippen LogP contribution in [0.25, 0.3) is 10.2 Å². The molecule has 1 aromatic heterocycles. The van der Waals surface area contributed by atoms with Crippen molar-refractivity contribution < 1.29 is 9.53 Å². The summed E-state index contributed by atoms with van der Waals surface area (Å²) in [6.45, 7) is 2.64. The Labute approximate surface area is 165 Å². The van der Waals surface area contributed by atoms with Crippen molar-refractivity contribution in [2.45, 2.75) is 37.6 Å². The van der Waals surface area contributed by atoms with Crippen molar-refractivity contribution in [3.05, 3.63) is 54.1 Å². The zero-order valence-corrected chi connectivity index (χ0v) is 17.0. The average molecular weight is 433 g/mol. The second-order valence-corrected chi connectivity index (χ2v) is 8.16. The van der Waals surface area contributed by atoms with E-state index in [0.717, 1.165) is 40.8 Å². The van der Waals surface area contributed by atoms with Gasteiger partial charge in [-0.1, -0.05) is 77.4 Å². The Kier molecular flexibility index (Phi) is 6.63. The first-order valence-electron chi connectivity index (χ1n) is 8.68. The van der Waals surface area contributed by atoms with Gasteiger partial charge in [0.2, 0.25) is 5.91 Å². The second-order valence-electron chi connectivity index (χ2n) is 6.02. The van der Waals surface area contributed by atoms with Gasteiger partial charge in [0.1, 0.15) is 12.4 Å². The van der Waals surface area contributed by atoms with Gasteiger partial charge in [0.15, 0.2) is 5.13 Å². The SMILES string of the molecule is CCCC[C@@H](Br)C(=O)Nc1nc2ccc(OCc3ccccc3)cc2s1. The van der Waals surface area contributed by atoms with Gasteiger partial charge in [0.25, 0.3) is 0 Å². The van der Waals surface area contributed by atoms with Crippen molar-refractivity contribution in [2.24, 2.45) is 0 Å². The van der Waals surface area contributed by atoms with Gasteiger partial charge in [0, 0.05) is 0 Å². The Bertz CT molecular complexity index is 867. The summed E-state index contributed by atoms with van der Waals surface area (Å²) >= 11 is 4.90. The Morgan fingerprint density at radius 2 is 2.08 bits per heavy atom. The number of halogens is 1. The third-order valence-electron chi connectivity index (χ3n) is 3.93. The summed E-state index contributed by atoms with van der Waals surface area (Å²) in [7, 11) is 0. The first-order chi connectivity index (χ1) is 12.7. The number of hydrogen-bond acceptors (Lipinski definition) is 4. The molecule has 26 heavy (non-hydrogen) atoms. The summed E-state index contributed by atoms with van der Waals surface area (Å²) in [5.41, 5.74) is 1.98. The fourth-order valence-corrected chi connectivity index (χ4v) is 3.82. The fraction of sp³-hybridized carbons (Fsp3) is 0.300. The molecule has 1 heterocycles. The van der Waals surface area contributed by atoms with Gasteiger partial charge in [-0.3, -0.25) is 4.79 Å². The van der Waals surface area contributed by atoms with E-state index in [4.69, 9.17) is 4.74 Å². The zero-order valence-electron chi connectivity index (χ0n) is 14.6. The molecule has 0 saturated carbocycles. The minimum absolute atomic E-state index is 0.0435. The molecule has 0 aliphatic carbocycles. The lowest BCUT2D eigenvalue weighted by Crippen LogP contribution is -2.22. The van der Waals surface area contributed by atoms with E-state index in [1.54, 1.807) is 0 Å². The molecule has 0 aliphatic heterocycles. The van der Waals surface area contributed by atoms with Crippen molar-refractivity contribution >= 4 is 48.5 Å². The minimum Gasteiger partial charge on any atom is -0.489 e. The van der Waals surface area contributed by atoms with Crippen LogP contribution < -0.4 is 10.1 Å². The molecule has 0 bridgehead atoms. The summed E-state index contributed by atoms with van der Waals surface area (Å²) in [6.07, 6.45) is 2.91. The number of benzene rings is 2. The van der Waals surface area contributed by atoms with Crippen LogP contribution in [0.15, 0.2) is 48.5 Å². The van der Waals surface area contributed by atoms with E-state index in [1.165, 1.54) is 11.3 Å². The number of thiazole rings is 1. The molecule has 0 fully saturated rings. The van der Waals surface area contributed by atoms with Crippen LogP contribution in [0.3, 0.4) is 0 Å². The number of carbonyl (C=O) groups excluding carboxylic acids is 1. The van der Waals surface area contributed by atoms with E-state index in [-0.39, 0.29) is 10.7 Å². The molecule has 6 heteroatoms. The molecule has 0 radical (unpaired) electrons. The quantitative estimate of drug-likeness (QED) is 0.459. The van der Waals surface area contributed by atoms with E-state index in [1.807, 2.05) is 48.5 Å². The number of alkyl halides is 1. The number of nitrogens with zero attached hydrogens (tertiary/aromatic N) is 1. The standard InChI is InChI=1S/C20H21BrN2O2S/c1-2-3-9-16(21)19(24)23-20-22-17-11-10-15(12-18(17)26-20)25-13-14-7-5-4-6-8-14/h4-8,10-12,16H,2-3,9,13H2,1H3,(H,22,23,24)/t16-/m1/s1. The molecule has 0 saturated heterocycles. The van der Waals surface area contributed by atoms with Gasteiger partial charge in [-0.2, -0.15) is 0 Å². The summed E-state index contributed by atoms with van der Waals surface area (Å²) in [6, 6.07) is 15.9. The van der Waals surface area contributed by atoms with Crippen LogP contribution in [0.5, 0.6) is 5.75 Å². The predicted octanol–water partition coefficient (Wildman–Crippen LogP) is 5.77. The Balaban J connectivity index is 1.64. The number of carbonyl (C=O) groups is 1. The molecule has 0 aliphatic rings. The largest absolute Gasteiger partial charge is 0.489 e. The third kappa shape index (κ3) is 5.05. The van der Waals surface area contributed by atoms with Crippen LogP contribution in [0, 0.1) is 0 Å². The van der Waals surface area contributed by atoms with E-state index in [2.05, 4.69) is 33.2 Å². The molecule has 2 aromatic carbocycles. The van der Waals surface area contributed by atoms with Crippen molar-refractivity contribution in [3.8, 4) is 5.75 Å². The maximum absolute atomic E-state index is 12.2. The number of amides is 1. The normalized spacial score (nSPS) is 12.1. The Morgan fingerprint density at radius 3 is 2.85 bits per heavy atom. The predicted molar refractivity (Wildman–Crippen MR) is 111 cm³/mol. The molecular weight excluding hydrogens is 412 g/mol. The molecule has 0 spiro atoms. The number of nitrogens with one attached hydrogen (secondary N) is 1. The highest BCUT2D eigenvalue weighted by Gasteiger charge is 2.16. The molecule has 1 amide bonds. The molecular formula is C20H21BrN2O2S. The third-order valence-corrected chi connectivity index (χ3v) is 5.74. The Morgan fingerprint density at radius 1 is 1.27 bits per heavy atom. The van der Waals surface area contributed by atoms with Gasteiger partial charge in [-0.05, 0) is 30.2 Å². The minimum atomic E-state index is -0.181. The topological polar surface area (TPSA) is 51.2 Å². The summed E-state index contributed by atoms with van der Waals surface area (Å²) < 4.78 is 6.85. The molecule has 136 valence electrons. The molecule has 1 N–H and O–H groups in total. The van der Waals surface area contributed by atoms with E-state index < -0.39 is 0 Å². The van der Waals surface area contributed by atoms with Crippen molar-refractivity contribution in [3.63, 3.8) is 0 Å². The summed E-state index contributed by atoms with van der Waals surface area (Å²) in [5.74, 6) is 0.752. The first-order valence-corrected chi connectivity index (χ1v) is 10.4. The van der Waals surface area contributed by atoms with Gasteiger partial charge in [-0.15, -0.1) is 0 Å². The second kappa shape index (κ2) is 9.14. The van der Waals surface area contributed by atoms with Crippen LogP contribution in [-0.2, 0) is 11.4 Å². The lowest BCUT2D eigenvalue weighted by atomic mass is 10.2. The van der Waals surface area contributed by atoms with E-state index in [0.29, 0.717) is 11.7 Å². The van der Waals surface area contributed by atoms with Crippen LogP contribution >= 0.6 is 27.3 Å². The molecule has 1 atom stereocenters. The summed E-state index contributed by atoms with van der Waals surface area (Å²) in [5, 5.41) is 3.51. The maximum atomic E-state index is 12.2. The number of fused-ring (bicyclic) bond motifs is 1. The number of hydrogen-bond donors (Lipinski definition) is 1. The highest BCUT2D eigenvalue weighted by molar-refractivity contribution is 9.10. The van der Waals surface area contributed by atoms with Gasteiger partial charge in [0.05, 0.1) is 15.0 Å². The Hall–Kier alpha value is -1.92. The van der Waals surface area contributed by atoms with Gasteiger partial charge < -0.3 is 10.1 Å². The number of unbranched alkanes of at least 4 members (excludes halogenated alkanes) is 1. The van der Waals surface area contributed by atoms with Gasteiger partial charge >= 0.3 is 0 Å². The summed E-state index contributed by atoms with van der Waals surface area (Å²) in [4.78, 5) is 16.5. The van der Waals surface area contributed by atoms with Crippen LogP contribution in [0.4, 0.5) is 5.13 Å². The average Bonchev–Trinajstić information content (AvgIpc) is 3.06. The van der Waals surface area contributed by atoms with Crippen LogP contribution in [0.1, 0.15) is 31.7 Å². The lowest BCUT2D eigenvalue weighted by molar-refractivity contribution is -0.115. The van der Waals surface area contributed by atoms with E-state index in [9.17, 15) is 4.79 Å². The lowest BCUT2D eigenvalue weighted by Gasteiger charge is -2.07. The van der Waals surface area contributed by atoms with E-state index >= 15 is 0 Å². The van der Waals surface area contributed by atoms with Crippen molar-refractivity contribution in [1.82, 2.24) is 4.98 Å². The molecule has 3 rings (SSSR count). The first kappa shape index (κ1) is 18.9. The van der Waals surface area contributed by atoms with Gasteiger partial charge in [-0.25, -0.2) is 4.98 Å². The van der Waals surface area contributed by atoms with Crippen molar-refractivity contribution in [2.75, 3.05) is 5.32 Å². The number of ether oxygens (including phenoxy) is 1. The zero-order chi connectivity index (χ0) is 18.4. The monoisotopic (exact) mass is 432 g/mol. The number of rotatable bonds is 8. The fourth-order valence-electron chi connectivity index (χ4n) is 2.49. The molecule has 0 unspecified atom stereocenters. The molecule has 3 aromatic rings. The number of anilines is 1. The highest BCUT2D eigenvalue weighted by Crippen LogP contribution is 2.30. The van der Waals surface area contributed by atoms with Crippen molar-refractivity contribution in [1.29, 1.82) is 0 Å². The molecule has 4 nitrogen and oxygen atoms in total. The maximum Gasteiger partial charge on any atom is 0.239 e. The number of aromatic nitrogens is 1. The van der Waals surface area contributed by atoms with Crippen LogP contribution in [-0.4, -0.2) is 15.7 Å².